The molecule has 5 nitrogen and oxygen atoms in total. The average Bonchev–Trinajstić information content (AvgIpc) is 2.33. The third-order valence-electron chi connectivity index (χ3n) is 2.93. The molecular weight excluding hydrogens is 268 g/mol. The predicted octanol–water partition coefficient (Wildman–Crippen LogP) is 2.57. The molecule has 1 atom stereocenters. The maximum Gasteiger partial charge on any atom is 0.407 e. The summed E-state index contributed by atoms with van der Waals surface area (Å²) in [7, 11) is 0. The Morgan fingerprint density at radius 2 is 2.00 bits per heavy atom. The largest absolute Gasteiger partial charge is 0.508 e. The summed E-state index contributed by atoms with van der Waals surface area (Å²) < 4.78 is 5.17. The third-order valence-corrected chi connectivity index (χ3v) is 2.93. The van der Waals surface area contributed by atoms with Crippen molar-refractivity contribution in [3.8, 4) is 5.75 Å². The van der Waals surface area contributed by atoms with Crippen LogP contribution in [0.1, 0.15) is 39.7 Å². The van der Waals surface area contributed by atoms with Crippen molar-refractivity contribution in [2.24, 2.45) is 5.73 Å². The van der Waals surface area contributed by atoms with E-state index in [2.05, 4.69) is 5.32 Å². The topological polar surface area (TPSA) is 84.6 Å². The molecule has 0 radical (unpaired) electrons. The van der Waals surface area contributed by atoms with Crippen LogP contribution in [-0.4, -0.2) is 28.9 Å². The van der Waals surface area contributed by atoms with Crippen molar-refractivity contribution in [3.63, 3.8) is 0 Å². The predicted molar refractivity (Wildman–Crippen MR) is 83.3 cm³/mol. The number of carbonyl (C=O) groups excluding carboxylic acids is 1. The van der Waals surface area contributed by atoms with Gasteiger partial charge in [0.25, 0.3) is 0 Å². The van der Waals surface area contributed by atoms with Gasteiger partial charge in [0, 0.05) is 12.1 Å². The number of hydrogen-bond acceptors (Lipinski definition) is 4. The first-order valence-electron chi connectivity index (χ1n) is 7.11. The molecule has 0 aliphatic rings. The Balaban J connectivity index is 2.41. The third kappa shape index (κ3) is 7.56. The lowest BCUT2D eigenvalue weighted by molar-refractivity contribution is 0.0515. The van der Waals surface area contributed by atoms with Crippen LogP contribution in [0.5, 0.6) is 5.75 Å². The lowest BCUT2D eigenvalue weighted by Gasteiger charge is -2.26. The first kappa shape index (κ1) is 17.3. The van der Waals surface area contributed by atoms with Crippen molar-refractivity contribution in [2.75, 3.05) is 6.54 Å². The maximum atomic E-state index is 11.6. The van der Waals surface area contributed by atoms with Gasteiger partial charge in [0.2, 0.25) is 0 Å². The molecule has 1 unspecified atom stereocenters. The van der Waals surface area contributed by atoms with Crippen LogP contribution in [0, 0.1) is 0 Å². The highest BCUT2D eigenvalue weighted by Crippen LogP contribution is 2.16. The molecular formula is C16H26N2O3. The van der Waals surface area contributed by atoms with Crippen molar-refractivity contribution >= 4 is 6.09 Å². The van der Waals surface area contributed by atoms with Gasteiger partial charge in [-0.2, -0.15) is 0 Å². The van der Waals surface area contributed by atoms with Crippen LogP contribution in [0.2, 0.25) is 0 Å². The molecule has 1 aromatic rings. The van der Waals surface area contributed by atoms with Crippen LogP contribution in [0.25, 0.3) is 0 Å². The Labute approximate surface area is 126 Å². The zero-order valence-corrected chi connectivity index (χ0v) is 13.3. The van der Waals surface area contributed by atoms with E-state index in [4.69, 9.17) is 10.5 Å². The van der Waals surface area contributed by atoms with Crippen molar-refractivity contribution < 1.29 is 14.6 Å². The number of nitrogens with two attached hydrogens (primary N) is 1. The van der Waals surface area contributed by atoms with E-state index in [0.717, 1.165) is 12.0 Å². The molecule has 21 heavy (non-hydrogen) atoms. The van der Waals surface area contributed by atoms with Crippen LogP contribution in [-0.2, 0) is 11.2 Å². The first-order valence-corrected chi connectivity index (χ1v) is 7.11. The molecule has 1 aromatic carbocycles. The highest BCUT2D eigenvalue weighted by Gasteiger charge is 2.22. The Bertz CT molecular complexity index is 479. The summed E-state index contributed by atoms with van der Waals surface area (Å²) in [6.07, 6.45) is 0.959. The molecule has 118 valence electrons. The van der Waals surface area contributed by atoms with Crippen LogP contribution >= 0.6 is 0 Å². The second-order valence-electron chi connectivity index (χ2n) is 6.68. The van der Waals surface area contributed by atoms with Crippen LogP contribution in [0.3, 0.4) is 0 Å². The number of phenolic OH excluding ortho intramolecular Hbond substituents is 1. The molecule has 0 saturated heterocycles. The number of benzene rings is 1. The number of rotatable bonds is 5. The second-order valence-corrected chi connectivity index (χ2v) is 6.68. The quantitative estimate of drug-likeness (QED) is 0.779. The minimum atomic E-state index is -0.539. The number of aromatic hydroxyl groups is 1. The minimum Gasteiger partial charge on any atom is -0.508 e. The highest BCUT2D eigenvalue weighted by molar-refractivity contribution is 5.67. The fraction of sp³-hybridized carbons (Fsp3) is 0.562. The van der Waals surface area contributed by atoms with E-state index in [1.54, 1.807) is 18.2 Å². The standard InChI is InChI=1S/C16H26N2O3/c1-15(2,3)21-14(20)18-11-16(4,17)9-8-12-6-5-7-13(19)10-12/h5-7,10,19H,8-9,11,17H2,1-4H3,(H,18,20). The van der Waals surface area contributed by atoms with Gasteiger partial charge in [0.1, 0.15) is 11.4 Å². The number of phenols is 1. The summed E-state index contributed by atoms with van der Waals surface area (Å²) in [6.45, 7) is 7.66. The smallest absolute Gasteiger partial charge is 0.407 e. The van der Waals surface area contributed by atoms with Gasteiger partial charge in [0.15, 0.2) is 0 Å². The van der Waals surface area contributed by atoms with E-state index in [-0.39, 0.29) is 5.75 Å². The Morgan fingerprint density at radius 1 is 1.33 bits per heavy atom. The van der Waals surface area contributed by atoms with Gasteiger partial charge in [-0.15, -0.1) is 0 Å². The van der Waals surface area contributed by atoms with Crippen LogP contribution in [0.15, 0.2) is 24.3 Å². The first-order chi connectivity index (χ1) is 9.57. The average molecular weight is 294 g/mol. The van der Waals surface area contributed by atoms with E-state index < -0.39 is 17.2 Å². The molecule has 0 heterocycles. The molecule has 0 aliphatic carbocycles. The molecule has 0 aromatic heterocycles. The number of nitrogens with one attached hydrogen (secondary N) is 1. The van der Waals surface area contributed by atoms with Gasteiger partial charge in [-0.05, 0) is 58.2 Å². The van der Waals surface area contributed by atoms with Crippen molar-refractivity contribution in [1.29, 1.82) is 0 Å². The molecule has 0 aliphatic heterocycles. The molecule has 0 saturated carbocycles. The maximum absolute atomic E-state index is 11.6. The number of alkyl carbamates (subject to hydrolysis) is 1. The van der Waals surface area contributed by atoms with E-state index >= 15 is 0 Å². The van der Waals surface area contributed by atoms with E-state index in [1.165, 1.54) is 0 Å². The fourth-order valence-corrected chi connectivity index (χ4v) is 1.82. The summed E-state index contributed by atoms with van der Waals surface area (Å²) in [6, 6.07) is 7.10. The lowest BCUT2D eigenvalue weighted by Crippen LogP contribution is -2.49. The zero-order chi connectivity index (χ0) is 16.1. The summed E-state index contributed by atoms with van der Waals surface area (Å²) in [5.74, 6) is 0.248. The minimum absolute atomic E-state index is 0.248. The second kappa shape index (κ2) is 6.80. The molecule has 1 amide bonds. The van der Waals surface area contributed by atoms with Gasteiger partial charge in [-0.3, -0.25) is 0 Å². The van der Waals surface area contributed by atoms with Crippen LogP contribution in [0.4, 0.5) is 4.79 Å². The van der Waals surface area contributed by atoms with Crippen molar-refractivity contribution in [2.45, 2.75) is 51.7 Å². The zero-order valence-electron chi connectivity index (χ0n) is 13.3. The Kier molecular flexibility index (Phi) is 5.61. The normalized spacial score (nSPS) is 14.3. The highest BCUT2D eigenvalue weighted by atomic mass is 16.6. The number of amides is 1. The van der Waals surface area contributed by atoms with Crippen molar-refractivity contribution in [1.82, 2.24) is 5.32 Å². The van der Waals surface area contributed by atoms with Gasteiger partial charge in [-0.1, -0.05) is 12.1 Å². The van der Waals surface area contributed by atoms with Gasteiger partial charge in [-0.25, -0.2) is 4.79 Å². The van der Waals surface area contributed by atoms with E-state index in [0.29, 0.717) is 13.0 Å². The summed E-state index contributed by atoms with van der Waals surface area (Å²) in [5.41, 5.74) is 6.14. The monoisotopic (exact) mass is 294 g/mol. The van der Waals surface area contributed by atoms with E-state index in [9.17, 15) is 9.90 Å². The van der Waals surface area contributed by atoms with E-state index in [1.807, 2.05) is 33.8 Å². The number of carbonyl (C=O) groups is 1. The molecule has 0 fully saturated rings. The number of aryl methyl sites for hydroxylation is 1. The molecule has 1 rings (SSSR count). The Hall–Kier alpha value is -1.75. The number of ether oxygens (including phenoxy) is 1. The summed E-state index contributed by atoms with van der Waals surface area (Å²) in [4.78, 5) is 11.6. The van der Waals surface area contributed by atoms with Gasteiger partial charge in [0.05, 0.1) is 0 Å². The summed E-state index contributed by atoms with van der Waals surface area (Å²) >= 11 is 0. The molecule has 4 N–H and O–H groups in total. The molecule has 5 heteroatoms. The van der Waals surface area contributed by atoms with Crippen LogP contribution < -0.4 is 11.1 Å². The fourth-order valence-electron chi connectivity index (χ4n) is 1.82. The van der Waals surface area contributed by atoms with Gasteiger partial charge >= 0.3 is 6.09 Å². The number of hydrogen-bond donors (Lipinski definition) is 3. The van der Waals surface area contributed by atoms with Crippen molar-refractivity contribution in [3.05, 3.63) is 29.8 Å². The molecule has 0 spiro atoms. The Morgan fingerprint density at radius 3 is 2.57 bits per heavy atom. The summed E-state index contributed by atoms with van der Waals surface area (Å²) in [5, 5.41) is 12.1. The lowest BCUT2D eigenvalue weighted by atomic mass is 9.94. The SMILES string of the molecule is CC(N)(CCc1cccc(O)c1)CNC(=O)OC(C)(C)C. The van der Waals surface area contributed by atoms with Gasteiger partial charge < -0.3 is 20.9 Å². The molecule has 0 bridgehead atoms.